The van der Waals surface area contributed by atoms with E-state index in [9.17, 15) is 4.79 Å². The van der Waals surface area contributed by atoms with Crippen molar-refractivity contribution in [3.05, 3.63) is 59.2 Å². The number of rotatable bonds is 9. The van der Waals surface area contributed by atoms with Gasteiger partial charge in [0.15, 0.2) is 0 Å². The van der Waals surface area contributed by atoms with E-state index >= 15 is 0 Å². The molecule has 3 heteroatoms. The van der Waals surface area contributed by atoms with Gasteiger partial charge in [-0.3, -0.25) is 4.79 Å². The van der Waals surface area contributed by atoms with Crippen LogP contribution in [0.25, 0.3) is 0 Å². The van der Waals surface area contributed by atoms with Gasteiger partial charge in [-0.05, 0) is 61.7 Å². The highest BCUT2D eigenvalue weighted by Crippen LogP contribution is 2.19. The SMILES string of the molecule is CCCCCCCOc1ccc(C(=O)Nc2cc(C)ccc2C)cc1. The summed E-state index contributed by atoms with van der Waals surface area (Å²) in [6, 6.07) is 13.4. The van der Waals surface area contributed by atoms with E-state index in [1.165, 1.54) is 25.7 Å². The second kappa shape index (κ2) is 9.87. The first kappa shape index (κ1) is 19.0. The molecule has 1 N–H and O–H groups in total. The van der Waals surface area contributed by atoms with Gasteiger partial charge in [-0.1, -0.05) is 44.7 Å². The number of unbranched alkanes of at least 4 members (excludes halogenated alkanes) is 4. The summed E-state index contributed by atoms with van der Waals surface area (Å²) in [4.78, 5) is 12.4. The number of aryl methyl sites for hydroxylation is 2. The average molecular weight is 339 g/mol. The van der Waals surface area contributed by atoms with Gasteiger partial charge in [0.25, 0.3) is 5.91 Å². The van der Waals surface area contributed by atoms with Crippen LogP contribution in [-0.2, 0) is 0 Å². The van der Waals surface area contributed by atoms with Crippen LogP contribution in [-0.4, -0.2) is 12.5 Å². The molecule has 2 aromatic carbocycles. The number of ether oxygens (including phenoxy) is 1. The van der Waals surface area contributed by atoms with Crippen molar-refractivity contribution in [2.75, 3.05) is 11.9 Å². The summed E-state index contributed by atoms with van der Waals surface area (Å²) < 4.78 is 5.74. The molecule has 2 rings (SSSR count). The number of carbonyl (C=O) groups is 1. The predicted octanol–water partition coefficient (Wildman–Crippen LogP) is 5.90. The van der Waals surface area contributed by atoms with Crippen LogP contribution in [0.4, 0.5) is 5.69 Å². The fourth-order valence-electron chi connectivity index (χ4n) is 2.66. The predicted molar refractivity (Wildman–Crippen MR) is 105 cm³/mol. The Balaban J connectivity index is 1.84. The van der Waals surface area contributed by atoms with Gasteiger partial charge in [-0.2, -0.15) is 0 Å². The largest absolute Gasteiger partial charge is 0.494 e. The molecule has 0 fully saturated rings. The third-order valence-corrected chi connectivity index (χ3v) is 4.27. The lowest BCUT2D eigenvalue weighted by molar-refractivity contribution is 0.102. The molecule has 0 aromatic heterocycles. The first-order chi connectivity index (χ1) is 12.1. The molecule has 0 heterocycles. The Hall–Kier alpha value is -2.29. The topological polar surface area (TPSA) is 38.3 Å². The minimum absolute atomic E-state index is 0.0974. The van der Waals surface area contributed by atoms with Gasteiger partial charge < -0.3 is 10.1 Å². The Bertz CT molecular complexity index is 677. The number of anilines is 1. The van der Waals surface area contributed by atoms with E-state index in [0.717, 1.165) is 35.6 Å². The summed E-state index contributed by atoms with van der Waals surface area (Å²) in [6.45, 7) is 6.96. The van der Waals surface area contributed by atoms with Crippen LogP contribution in [0.3, 0.4) is 0 Å². The second-order valence-corrected chi connectivity index (χ2v) is 6.56. The van der Waals surface area contributed by atoms with E-state index in [2.05, 4.69) is 12.2 Å². The summed E-state index contributed by atoms with van der Waals surface area (Å²) in [5.41, 5.74) is 3.68. The van der Waals surface area contributed by atoms with E-state index in [0.29, 0.717) is 5.56 Å². The summed E-state index contributed by atoms with van der Waals surface area (Å²) >= 11 is 0. The highest BCUT2D eigenvalue weighted by Gasteiger charge is 2.08. The maximum atomic E-state index is 12.4. The third-order valence-electron chi connectivity index (χ3n) is 4.27. The number of carbonyl (C=O) groups excluding carboxylic acids is 1. The molecule has 0 bridgehead atoms. The van der Waals surface area contributed by atoms with Gasteiger partial charge in [0.1, 0.15) is 5.75 Å². The van der Waals surface area contributed by atoms with Crippen molar-refractivity contribution in [3.63, 3.8) is 0 Å². The van der Waals surface area contributed by atoms with Crippen molar-refractivity contribution in [1.29, 1.82) is 0 Å². The molecule has 25 heavy (non-hydrogen) atoms. The van der Waals surface area contributed by atoms with Gasteiger partial charge in [0.05, 0.1) is 6.61 Å². The quantitative estimate of drug-likeness (QED) is 0.577. The molecule has 0 saturated heterocycles. The second-order valence-electron chi connectivity index (χ2n) is 6.56. The zero-order chi connectivity index (χ0) is 18.1. The van der Waals surface area contributed by atoms with Gasteiger partial charge in [0, 0.05) is 11.3 Å². The summed E-state index contributed by atoms with van der Waals surface area (Å²) in [5.74, 6) is 0.721. The Labute approximate surface area is 151 Å². The van der Waals surface area contributed by atoms with E-state index < -0.39 is 0 Å². The average Bonchev–Trinajstić information content (AvgIpc) is 2.61. The molecule has 2 aromatic rings. The van der Waals surface area contributed by atoms with Crippen LogP contribution in [0.2, 0.25) is 0 Å². The highest BCUT2D eigenvalue weighted by atomic mass is 16.5. The fourth-order valence-corrected chi connectivity index (χ4v) is 2.66. The minimum atomic E-state index is -0.0974. The standard InChI is InChI=1S/C22H29NO2/c1-4-5-6-7-8-15-25-20-13-11-19(12-14-20)22(24)23-21-16-17(2)9-10-18(21)3/h9-14,16H,4-8,15H2,1-3H3,(H,23,24). The molecule has 3 nitrogen and oxygen atoms in total. The Morgan fingerprint density at radius 2 is 1.68 bits per heavy atom. The minimum Gasteiger partial charge on any atom is -0.494 e. The van der Waals surface area contributed by atoms with Gasteiger partial charge in [0.2, 0.25) is 0 Å². The van der Waals surface area contributed by atoms with Crippen molar-refractivity contribution in [3.8, 4) is 5.75 Å². The fraction of sp³-hybridized carbons (Fsp3) is 0.409. The van der Waals surface area contributed by atoms with Crippen molar-refractivity contribution in [1.82, 2.24) is 0 Å². The zero-order valence-electron chi connectivity index (χ0n) is 15.6. The zero-order valence-corrected chi connectivity index (χ0v) is 15.6. The Morgan fingerprint density at radius 3 is 2.40 bits per heavy atom. The Morgan fingerprint density at radius 1 is 0.960 bits per heavy atom. The number of hydrogen-bond donors (Lipinski definition) is 1. The number of hydrogen-bond acceptors (Lipinski definition) is 2. The van der Waals surface area contributed by atoms with Crippen molar-refractivity contribution in [2.45, 2.75) is 52.9 Å². The third kappa shape index (κ3) is 6.26. The maximum absolute atomic E-state index is 12.4. The molecular formula is C22H29NO2. The van der Waals surface area contributed by atoms with Crippen LogP contribution >= 0.6 is 0 Å². The lowest BCUT2D eigenvalue weighted by Gasteiger charge is -2.10. The molecule has 0 saturated carbocycles. The maximum Gasteiger partial charge on any atom is 0.255 e. The smallest absolute Gasteiger partial charge is 0.255 e. The lowest BCUT2D eigenvalue weighted by Crippen LogP contribution is -2.12. The molecule has 0 unspecified atom stereocenters. The number of nitrogens with one attached hydrogen (secondary N) is 1. The highest BCUT2D eigenvalue weighted by molar-refractivity contribution is 6.04. The summed E-state index contributed by atoms with van der Waals surface area (Å²) in [6.07, 6.45) is 6.12. The van der Waals surface area contributed by atoms with E-state index in [4.69, 9.17) is 4.74 Å². The molecule has 0 aliphatic carbocycles. The molecule has 134 valence electrons. The molecule has 0 atom stereocenters. The van der Waals surface area contributed by atoms with E-state index in [-0.39, 0.29) is 5.91 Å². The van der Waals surface area contributed by atoms with Crippen molar-refractivity contribution >= 4 is 11.6 Å². The molecule has 0 spiro atoms. The van der Waals surface area contributed by atoms with Crippen molar-refractivity contribution in [2.24, 2.45) is 0 Å². The number of amides is 1. The van der Waals surface area contributed by atoms with Gasteiger partial charge in [-0.15, -0.1) is 0 Å². The molecular weight excluding hydrogens is 310 g/mol. The van der Waals surface area contributed by atoms with Crippen LogP contribution in [0.15, 0.2) is 42.5 Å². The molecule has 0 radical (unpaired) electrons. The monoisotopic (exact) mass is 339 g/mol. The normalized spacial score (nSPS) is 10.5. The lowest BCUT2D eigenvalue weighted by atomic mass is 10.1. The molecule has 1 amide bonds. The number of benzene rings is 2. The van der Waals surface area contributed by atoms with Crippen LogP contribution in [0, 0.1) is 13.8 Å². The molecule has 0 aliphatic heterocycles. The molecule has 0 aliphatic rings. The van der Waals surface area contributed by atoms with Crippen LogP contribution in [0.1, 0.15) is 60.5 Å². The van der Waals surface area contributed by atoms with Gasteiger partial charge >= 0.3 is 0 Å². The van der Waals surface area contributed by atoms with Crippen molar-refractivity contribution < 1.29 is 9.53 Å². The van der Waals surface area contributed by atoms with E-state index in [1.807, 2.05) is 56.3 Å². The summed E-state index contributed by atoms with van der Waals surface area (Å²) in [7, 11) is 0. The Kier molecular flexibility index (Phi) is 7.52. The van der Waals surface area contributed by atoms with E-state index in [1.54, 1.807) is 0 Å². The summed E-state index contributed by atoms with van der Waals surface area (Å²) in [5, 5.41) is 2.98. The first-order valence-electron chi connectivity index (χ1n) is 9.21. The first-order valence-corrected chi connectivity index (χ1v) is 9.21. The van der Waals surface area contributed by atoms with Crippen LogP contribution in [0.5, 0.6) is 5.75 Å². The van der Waals surface area contributed by atoms with Crippen LogP contribution < -0.4 is 10.1 Å². The van der Waals surface area contributed by atoms with Gasteiger partial charge in [-0.25, -0.2) is 0 Å².